The molecule has 5 atom stereocenters. The highest BCUT2D eigenvalue weighted by molar-refractivity contribution is 6.06. The largest absolute Gasteiger partial charge is 0.469 e. The highest BCUT2D eigenvalue weighted by Crippen LogP contribution is 2.43. The van der Waals surface area contributed by atoms with Crippen molar-refractivity contribution in [3.8, 4) is 0 Å². The summed E-state index contributed by atoms with van der Waals surface area (Å²) >= 11 is 0. The molecule has 5 heterocycles. The number of aliphatic hydroxyl groups excluding tert-OH is 2. The molecule has 1 unspecified atom stereocenters. The third-order valence-electron chi connectivity index (χ3n) is 11.4. The quantitative estimate of drug-likeness (QED) is 0.0647. The Balaban J connectivity index is 1.89. The zero-order valence-electron chi connectivity index (χ0n) is 33.8. The number of aryl methyl sites for hydroxylation is 2. The van der Waals surface area contributed by atoms with Gasteiger partial charge in [-0.05, 0) is 83.0 Å². The van der Waals surface area contributed by atoms with Crippen LogP contribution >= 0.6 is 0 Å². The van der Waals surface area contributed by atoms with Gasteiger partial charge in [-0.3, -0.25) is 29.1 Å². The lowest BCUT2D eigenvalue weighted by Gasteiger charge is -2.18. The number of nitrogens with one attached hydrogen (secondary N) is 5. The van der Waals surface area contributed by atoms with Gasteiger partial charge in [-0.1, -0.05) is 20.8 Å². The highest BCUT2D eigenvalue weighted by Gasteiger charge is 2.34. The van der Waals surface area contributed by atoms with Crippen molar-refractivity contribution in [2.24, 2.45) is 0 Å². The number of esters is 1. The SMILES string of the molecule is CC[C@H]1c2cc3[nH]c(c(CC(=O)OC)c4nc(cc5[nH]c(cc(n2)[C@@H]1C)c(C(C)=O)c5C)[C@@H](C)[C@@H]4CCC(=O)NCC(O)CO)c(C(=O)NCCCNC)c3C. The fourth-order valence-electron chi connectivity index (χ4n) is 8.08. The fraction of sp³-hybridized carbons (Fsp3) is 0.524. The molecule has 2 amide bonds. The first-order valence-corrected chi connectivity index (χ1v) is 19.6. The molecular formula is C42H57N7O7. The van der Waals surface area contributed by atoms with Crippen LogP contribution in [0.2, 0.25) is 0 Å². The molecule has 0 aliphatic carbocycles. The minimum atomic E-state index is -1.08. The number of aromatic nitrogens is 4. The Morgan fingerprint density at radius 2 is 1.54 bits per heavy atom. The molecule has 0 spiro atoms. The van der Waals surface area contributed by atoms with Crippen molar-refractivity contribution in [2.45, 2.75) is 103 Å². The molecule has 7 N–H and O–H groups in total. The summed E-state index contributed by atoms with van der Waals surface area (Å²) in [5.74, 6) is -1.77. The predicted molar refractivity (Wildman–Crippen MR) is 215 cm³/mol. The molecule has 5 rings (SSSR count). The smallest absolute Gasteiger partial charge is 0.310 e. The summed E-state index contributed by atoms with van der Waals surface area (Å²) in [6.07, 6.45) is 0.615. The molecule has 2 aliphatic rings. The van der Waals surface area contributed by atoms with E-state index in [2.05, 4.69) is 39.8 Å². The van der Waals surface area contributed by atoms with Crippen LogP contribution in [0.5, 0.6) is 0 Å². The van der Waals surface area contributed by atoms with Gasteiger partial charge in [-0.25, -0.2) is 0 Å². The molecule has 0 aromatic carbocycles. The molecule has 3 aromatic heterocycles. The van der Waals surface area contributed by atoms with Gasteiger partial charge in [-0.15, -0.1) is 0 Å². The van der Waals surface area contributed by atoms with Gasteiger partial charge in [0.05, 0.1) is 48.5 Å². The van der Waals surface area contributed by atoms with Crippen LogP contribution in [0.1, 0.15) is 137 Å². The monoisotopic (exact) mass is 771 g/mol. The zero-order valence-corrected chi connectivity index (χ0v) is 33.8. The number of hydrogen-bond acceptors (Lipinski definition) is 10. The highest BCUT2D eigenvalue weighted by atomic mass is 16.5. The maximum absolute atomic E-state index is 14.2. The Morgan fingerprint density at radius 3 is 2.20 bits per heavy atom. The fourth-order valence-corrected chi connectivity index (χ4v) is 8.08. The standard InChI is InChI=1S/C42H57N7O7/c1-9-27-21(2)30-18-35-38(25(6)51)23(4)32(47-35)16-31-22(3)28(11-12-36(53)45-19-26(52)20-50)40(48-31)29(15-37(54)56-8)41-39(42(55)44-14-10-13-43-7)24(5)33(49-41)17-34(27)46-30/h16-18,21-22,26-28,43,47,49-50,52H,9-15,19-20H2,1-8H3,(H,44,55)(H,45,53)/t21-,22+,26?,27-,28+/m1/s1. The van der Waals surface area contributed by atoms with E-state index in [1.165, 1.54) is 7.11 Å². The van der Waals surface area contributed by atoms with E-state index in [1.807, 2.05) is 46.0 Å². The van der Waals surface area contributed by atoms with E-state index in [0.29, 0.717) is 75.1 Å². The average Bonchev–Trinajstić information content (AvgIpc) is 3.86. The summed E-state index contributed by atoms with van der Waals surface area (Å²) in [7, 11) is 3.17. The Labute approximate surface area is 327 Å². The molecule has 56 heavy (non-hydrogen) atoms. The third-order valence-corrected chi connectivity index (χ3v) is 11.4. The van der Waals surface area contributed by atoms with Gasteiger partial charge >= 0.3 is 5.97 Å². The molecule has 14 nitrogen and oxygen atoms in total. The average molecular weight is 772 g/mol. The lowest BCUT2D eigenvalue weighted by molar-refractivity contribution is -0.139. The summed E-state index contributed by atoms with van der Waals surface area (Å²) in [5, 5.41) is 27.9. The number of amides is 2. The number of rotatable bonds is 15. The lowest BCUT2D eigenvalue weighted by Crippen LogP contribution is -2.34. The summed E-state index contributed by atoms with van der Waals surface area (Å²) in [4.78, 5) is 71.1. The van der Waals surface area contributed by atoms with E-state index < -0.39 is 18.7 Å². The van der Waals surface area contributed by atoms with E-state index in [0.717, 1.165) is 29.9 Å². The molecule has 302 valence electrons. The summed E-state index contributed by atoms with van der Waals surface area (Å²) in [6.45, 7) is 12.2. The van der Waals surface area contributed by atoms with Crippen LogP contribution in [0, 0.1) is 13.8 Å². The molecule has 3 aromatic rings. The Bertz CT molecular complexity index is 2140. The minimum absolute atomic E-state index is 0.0461. The second-order valence-corrected chi connectivity index (χ2v) is 15.1. The predicted octanol–water partition coefficient (Wildman–Crippen LogP) is 4.62. The van der Waals surface area contributed by atoms with Gasteiger partial charge in [0.15, 0.2) is 5.78 Å². The summed E-state index contributed by atoms with van der Waals surface area (Å²) in [5.41, 5.74) is 8.25. The van der Waals surface area contributed by atoms with Crippen LogP contribution in [0.15, 0.2) is 18.2 Å². The molecule has 0 fully saturated rings. The van der Waals surface area contributed by atoms with Crippen molar-refractivity contribution in [1.29, 1.82) is 0 Å². The number of carbonyl (C=O) groups excluding carboxylic acids is 4. The topological polar surface area (TPSA) is 211 Å². The number of Topliss-reactive ketones (excluding diaryl/α,β-unsaturated/α-hetero) is 1. The number of aromatic amines is 2. The summed E-state index contributed by atoms with van der Waals surface area (Å²) < 4.78 is 5.22. The second-order valence-electron chi connectivity index (χ2n) is 15.1. The Hall–Kier alpha value is -4.92. The van der Waals surface area contributed by atoms with Crippen LogP contribution in [0.3, 0.4) is 0 Å². The number of H-pyrrole nitrogens is 2. The van der Waals surface area contributed by atoms with E-state index >= 15 is 0 Å². The number of hydrogen-bond donors (Lipinski definition) is 7. The van der Waals surface area contributed by atoms with Gasteiger partial charge in [0.1, 0.15) is 0 Å². The normalized spacial score (nSPS) is 18.4. The van der Waals surface area contributed by atoms with Crippen molar-refractivity contribution in [3.05, 3.63) is 68.8 Å². The van der Waals surface area contributed by atoms with Crippen LogP contribution in [-0.2, 0) is 20.7 Å². The lowest BCUT2D eigenvalue weighted by atomic mass is 9.85. The Kier molecular flexibility index (Phi) is 13.8. The minimum Gasteiger partial charge on any atom is -0.469 e. The first kappa shape index (κ1) is 42.2. The number of methoxy groups -OCH3 is 1. The van der Waals surface area contributed by atoms with Gasteiger partial charge < -0.3 is 40.9 Å². The molecule has 8 bridgehead atoms. The van der Waals surface area contributed by atoms with Gasteiger partial charge in [0.25, 0.3) is 5.91 Å². The number of nitrogens with zero attached hydrogens (tertiary/aromatic N) is 2. The maximum atomic E-state index is 14.2. The number of ketones is 1. The zero-order chi connectivity index (χ0) is 40.8. The first-order chi connectivity index (χ1) is 26.7. The number of aliphatic hydroxyl groups is 2. The van der Waals surface area contributed by atoms with Crippen LogP contribution < -0.4 is 16.0 Å². The van der Waals surface area contributed by atoms with Crippen molar-refractivity contribution < 1.29 is 34.1 Å². The van der Waals surface area contributed by atoms with Crippen molar-refractivity contribution in [3.63, 3.8) is 0 Å². The van der Waals surface area contributed by atoms with Gasteiger partial charge in [0, 0.05) is 82.4 Å². The van der Waals surface area contributed by atoms with E-state index in [4.69, 9.17) is 14.7 Å². The number of carbonyl (C=O) groups is 4. The van der Waals surface area contributed by atoms with Crippen molar-refractivity contribution in [1.82, 2.24) is 35.9 Å². The van der Waals surface area contributed by atoms with Crippen molar-refractivity contribution in [2.75, 3.05) is 40.4 Å². The van der Waals surface area contributed by atoms with Gasteiger partial charge in [-0.2, -0.15) is 0 Å². The number of fused-ring (bicyclic) bond motifs is 8. The van der Waals surface area contributed by atoms with Crippen LogP contribution in [0.25, 0.3) is 22.1 Å². The second kappa shape index (κ2) is 18.4. The first-order valence-electron chi connectivity index (χ1n) is 19.6. The molecule has 0 radical (unpaired) electrons. The molecular weight excluding hydrogens is 715 g/mol. The maximum Gasteiger partial charge on any atom is 0.310 e. The van der Waals surface area contributed by atoms with Crippen molar-refractivity contribution >= 4 is 45.6 Å². The van der Waals surface area contributed by atoms with E-state index in [1.54, 1.807) is 6.92 Å². The van der Waals surface area contributed by atoms with Crippen LogP contribution in [0.4, 0.5) is 0 Å². The van der Waals surface area contributed by atoms with E-state index in [-0.39, 0.29) is 60.7 Å². The molecule has 2 aliphatic heterocycles. The van der Waals surface area contributed by atoms with Gasteiger partial charge in [0.2, 0.25) is 5.91 Å². The molecule has 0 saturated carbocycles. The third kappa shape index (κ3) is 8.87. The summed E-state index contributed by atoms with van der Waals surface area (Å²) in [6, 6.07) is 5.87. The molecule has 14 heteroatoms. The van der Waals surface area contributed by atoms with Crippen LogP contribution in [-0.4, -0.2) is 100 Å². The number of ether oxygens (including phenoxy) is 1. The van der Waals surface area contributed by atoms with E-state index in [9.17, 15) is 29.4 Å². The molecule has 0 saturated heterocycles. The Morgan fingerprint density at radius 1 is 0.893 bits per heavy atom.